The number of alkyl halides is 1. The van der Waals surface area contributed by atoms with E-state index in [4.69, 9.17) is 4.74 Å². The quantitative estimate of drug-likeness (QED) is 0.541. The van der Waals surface area contributed by atoms with E-state index < -0.39 is 0 Å². The molecule has 0 fully saturated rings. The van der Waals surface area contributed by atoms with Gasteiger partial charge in [0.1, 0.15) is 4.61 Å². The Kier molecular flexibility index (Phi) is 6.53. The second kappa shape index (κ2) is 8.67. The first kappa shape index (κ1) is 15.8. The number of nitrogens with zero attached hydrogens (tertiary/aromatic N) is 1. The van der Waals surface area contributed by atoms with Gasteiger partial charge in [-0.05, 0) is 40.1 Å². The Bertz CT molecular complexity index is 545. The second-order valence-electron chi connectivity index (χ2n) is 4.66. The van der Waals surface area contributed by atoms with Gasteiger partial charge < -0.3 is 9.64 Å². The lowest BCUT2D eigenvalue weighted by Crippen LogP contribution is -2.32. The highest BCUT2D eigenvalue weighted by atomic mass is 127. The Morgan fingerprint density at radius 1 is 0.952 bits per heavy atom. The van der Waals surface area contributed by atoms with Crippen molar-refractivity contribution in [3.63, 3.8) is 0 Å². The van der Waals surface area contributed by atoms with Crippen LogP contribution >= 0.6 is 22.6 Å². The molecule has 1 amide bonds. The van der Waals surface area contributed by atoms with Gasteiger partial charge in [-0.1, -0.05) is 60.7 Å². The van der Waals surface area contributed by atoms with Crippen molar-refractivity contribution in [3.05, 3.63) is 71.8 Å². The van der Waals surface area contributed by atoms with Gasteiger partial charge in [-0.3, -0.25) is 0 Å². The van der Waals surface area contributed by atoms with Gasteiger partial charge in [0.2, 0.25) is 0 Å². The molecule has 110 valence electrons. The van der Waals surface area contributed by atoms with Gasteiger partial charge >= 0.3 is 6.09 Å². The maximum absolute atomic E-state index is 12.1. The van der Waals surface area contributed by atoms with Crippen molar-refractivity contribution in [2.45, 2.75) is 13.0 Å². The van der Waals surface area contributed by atoms with E-state index in [1.807, 2.05) is 71.1 Å². The fourth-order valence-corrected chi connectivity index (χ4v) is 2.35. The predicted molar refractivity (Wildman–Crippen MR) is 92.4 cm³/mol. The predicted octanol–water partition coefficient (Wildman–Crippen LogP) is 4.26. The molecule has 0 heterocycles. The van der Waals surface area contributed by atoms with Gasteiger partial charge in [0.15, 0.2) is 0 Å². The molecule has 0 aliphatic carbocycles. The molecule has 2 rings (SSSR count). The van der Waals surface area contributed by atoms with Crippen molar-refractivity contribution < 1.29 is 9.53 Å². The molecule has 0 spiro atoms. The average molecular weight is 395 g/mol. The minimum atomic E-state index is -0.260. The van der Waals surface area contributed by atoms with Crippen LogP contribution in [-0.4, -0.2) is 22.2 Å². The maximum atomic E-state index is 12.1. The molecule has 3 nitrogen and oxygen atoms in total. The molecule has 0 bridgehead atoms. The second-order valence-corrected chi connectivity index (χ2v) is 5.28. The monoisotopic (exact) mass is 395 g/mol. The van der Waals surface area contributed by atoms with Crippen LogP contribution in [0.5, 0.6) is 0 Å². The van der Waals surface area contributed by atoms with Crippen LogP contribution in [0.1, 0.15) is 11.1 Å². The van der Waals surface area contributed by atoms with Crippen LogP contribution in [0.25, 0.3) is 0 Å². The number of halogens is 1. The zero-order valence-corrected chi connectivity index (χ0v) is 13.9. The Hall–Kier alpha value is -1.56. The summed E-state index contributed by atoms with van der Waals surface area (Å²) in [6, 6.07) is 20.1. The van der Waals surface area contributed by atoms with Crippen LogP contribution < -0.4 is 0 Å². The molecule has 0 radical (unpaired) electrons. The molecule has 0 aliphatic heterocycles. The number of amides is 1. The molecular weight excluding hydrogens is 377 g/mol. The number of ether oxygens (including phenoxy) is 1. The summed E-state index contributed by atoms with van der Waals surface area (Å²) in [5, 5.41) is 0. The smallest absolute Gasteiger partial charge is 0.410 e. The molecule has 2 aromatic rings. The van der Waals surface area contributed by atoms with Crippen LogP contribution in [0.2, 0.25) is 0 Å². The van der Waals surface area contributed by atoms with Gasteiger partial charge in [-0.15, -0.1) is 0 Å². The lowest BCUT2D eigenvalue weighted by Gasteiger charge is -2.21. The third-order valence-corrected chi connectivity index (χ3v) is 3.48. The molecule has 0 aromatic heterocycles. The Morgan fingerprint density at radius 2 is 1.52 bits per heavy atom. The summed E-state index contributed by atoms with van der Waals surface area (Å²) < 4.78 is 5.51. The molecule has 21 heavy (non-hydrogen) atoms. The van der Waals surface area contributed by atoms with Crippen molar-refractivity contribution in [3.8, 4) is 0 Å². The lowest BCUT2D eigenvalue weighted by atomic mass is 10.1. The van der Waals surface area contributed by atoms with Crippen molar-refractivity contribution >= 4 is 28.7 Å². The molecule has 0 N–H and O–H groups in total. The summed E-state index contributed by atoms with van der Waals surface area (Å²) in [7, 11) is 0. The first-order chi connectivity index (χ1) is 10.3. The van der Waals surface area contributed by atoms with E-state index in [-0.39, 0.29) is 6.09 Å². The van der Waals surface area contributed by atoms with Crippen LogP contribution in [-0.2, 0) is 17.7 Å². The number of benzene rings is 2. The number of rotatable bonds is 6. The van der Waals surface area contributed by atoms with Gasteiger partial charge in [0, 0.05) is 13.1 Å². The zero-order chi connectivity index (χ0) is 14.9. The first-order valence-corrected chi connectivity index (χ1v) is 8.37. The summed E-state index contributed by atoms with van der Waals surface area (Å²) in [6.07, 6.45) is 0.563. The third-order valence-electron chi connectivity index (χ3n) is 3.17. The highest BCUT2D eigenvalue weighted by Crippen LogP contribution is 2.09. The van der Waals surface area contributed by atoms with E-state index >= 15 is 0 Å². The summed E-state index contributed by atoms with van der Waals surface area (Å²) >= 11 is 2.04. The Morgan fingerprint density at radius 3 is 2.10 bits per heavy atom. The molecule has 4 heteroatoms. The standard InChI is InChI=1S/C17H18INO2/c18-14-21-17(20)19(13-16-9-5-2-6-10-16)12-11-15-7-3-1-4-8-15/h1-10H,11-14H2. The van der Waals surface area contributed by atoms with Gasteiger partial charge in [-0.25, -0.2) is 4.79 Å². The van der Waals surface area contributed by atoms with Gasteiger partial charge in [0.25, 0.3) is 0 Å². The molecular formula is C17H18INO2. The van der Waals surface area contributed by atoms with Crippen molar-refractivity contribution in [1.29, 1.82) is 0 Å². The van der Waals surface area contributed by atoms with Crippen LogP contribution in [0.4, 0.5) is 4.79 Å². The number of hydrogen-bond donors (Lipinski definition) is 0. The first-order valence-electron chi connectivity index (χ1n) is 6.85. The highest BCUT2D eigenvalue weighted by Gasteiger charge is 2.15. The van der Waals surface area contributed by atoms with Crippen molar-refractivity contribution in [2.24, 2.45) is 0 Å². The molecule has 2 aromatic carbocycles. The maximum Gasteiger partial charge on any atom is 0.410 e. The van der Waals surface area contributed by atoms with E-state index in [0.29, 0.717) is 17.7 Å². The van der Waals surface area contributed by atoms with E-state index in [9.17, 15) is 4.79 Å². The van der Waals surface area contributed by atoms with E-state index in [2.05, 4.69) is 12.1 Å². The molecule has 0 atom stereocenters. The van der Waals surface area contributed by atoms with Gasteiger partial charge in [-0.2, -0.15) is 0 Å². The lowest BCUT2D eigenvalue weighted by molar-refractivity contribution is 0.119. The molecule has 0 aliphatic rings. The zero-order valence-electron chi connectivity index (χ0n) is 11.7. The van der Waals surface area contributed by atoms with Crippen LogP contribution in [0.3, 0.4) is 0 Å². The highest BCUT2D eigenvalue weighted by molar-refractivity contribution is 14.1. The topological polar surface area (TPSA) is 29.5 Å². The summed E-state index contributed by atoms with van der Waals surface area (Å²) in [6.45, 7) is 1.22. The summed E-state index contributed by atoms with van der Waals surface area (Å²) in [4.78, 5) is 13.8. The minimum Gasteiger partial charge on any atom is -0.439 e. The molecule has 0 unspecified atom stereocenters. The number of carbonyl (C=O) groups excluding carboxylic acids is 1. The van der Waals surface area contributed by atoms with E-state index in [0.717, 1.165) is 12.0 Å². The van der Waals surface area contributed by atoms with E-state index in [1.165, 1.54) is 5.56 Å². The van der Waals surface area contributed by atoms with Gasteiger partial charge in [0.05, 0.1) is 0 Å². The van der Waals surface area contributed by atoms with E-state index in [1.54, 1.807) is 4.90 Å². The minimum absolute atomic E-state index is 0.260. The van der Waals surface area contributed by atoms with Crippen LogP contribution in [0, 0.1) is 0 Å². The normalized spacial score (nSPS) is 10.1. The Balaban J connectivity index is 2.00. The van der Waals surface area contributed by atoms with Crippen molar-refractivity contribution in [2.75, 3.05) is 11.2 Å². The summed E-state index contributed by atoms with van der Waals surface area (Å²) in [5.74, 6) is 0. The molecule has 0 saturated heterocycles. The van der Waals surface area contributed by atoms with Crippen LogP contribution in [0.15, 0.2) is 60.7 Å². The number of carbonyl (C=O) groups is 1. The average Bonchev–Trinajstić information content (AvgIpc) is 2.53. The Labute approximate surface area is 139 Å². The fourth-order valence-electron chi connectivity index (χ4n) is 2.09. The SMILES string of the molecule is O=C(OCI)N(CCc1ccccc1)Cc1ccccc1. The third kappa shape index (κ3) is 5.38. The molecule has 0 saturated carbocycles. The fraction of sp³-hybridized carbons (Fsp3) is 0.235. The largest absolute Gasteiger partial charge is 0.439 e. The summed E-state index contributed by atoms with van der Waals surface area (Å²) in [5.41, 5.74) is 2.33. The number of hydrogen-bond acceptors (Lipinski definition) is 2. The van der Waals surface area contributed by atoms with Crippen molar-refractivity contribution in [1.82, 2.24) is 4.90 Å².